The number of aromatic nitrogens is 2. The molecule has 16 heavy (non-hydrogen) atoms. The zero-order valence-corrected chi connectivity index (χ0v) is 9.51. The lowest BCUT2D eigenvalue weighted by Gasteiger charge is -2.46. The molecule has 1 saturated heterocycles. The second kappa shape index (κ2) is 4.32. The number of hydrogen-bond acceptors (Lipinski definition) is 6. The van der Waals surface area contributed by atoms with E-state index in [9.17, 15) is 0 Å². The van der Waals surface area contributed by atoms with Crippen molar-refractivity contribution in [3.63, 3.8) is 0 Å². The van der Waals surface area contributed by atoms with Crippen LogP contribution in [0.3, 0.4) is 0 Å². The Morgan fingerprint density at radius 2 is 2.00 bits per heavy atom. The topological polar surface area (TPSA) is 73.5 Å². The molecule has 0 aliphatic carbocycles. The Balaban J connectivity index is 1.87. The summed E-state index contributed by atoms with van der Waals surface area (Å²) in [4.78, 5) is 10.3. The summed E-state index contributed by atoms with van der Waals surface area (Å²) in [7, 11) is 3.18. The van der Waals surface area contributed by atoms with Crippen LogP contribution in [0.5, 0.6) is 6.01 Å². The third kappa shape index (κ3) is 2.29. The molecule has 1 fully saturated rings. The second-order valence-electron chi connectivity index (χ2n) is 3.99. The Labute approximate surface area is 94.4 Å². The Morgan fingerprint density at radius 1 is 1.38 bits per heavy atom. The number of nitrogens with two attached hydrogens (primary N) is 1. The summed E-state index contributed by atoms with van der Waals surface area (Å²) in [5.74, 6) is 0. The van der Waals surface area contributed by atoms with Gasteiger partial charge in [-0.2, -0.15) is 0 Å². The summed E-state index contributed by atoms with van der Waals surface area (Å²) in [5.41, 5.74) is 6.44. The maximum absolute atomic E-state index is 5.88. The van der Waals surface area contributed by atoms with Crippen molar-refractivity contribution in [1.82, 2.24) is 14.9 Å². The van der Waals surface area contributed by atoms with Crippen LogP contribution < -0.4 is 10.5 Å². The molecule has 0 radical (unpaired) electrons. The van der Waals surface area contributed by atoms with Gasteiger partial charge in [0.1, 0.15) is 5.72 Å². The largest absolute Gasteiger partial charge is 0.467 e. The number of methoxy groups -OCH3 is 2. The molecule has 2 rings (SSSR count). The van der Waals surface area contributed by atoms with E-state index < -0.39 is 5.72 Å². The third-order valence-corrected chi connectivity index (χ3v) is 2.66. The van der Waals surface area contributed by atoms with Crippen LogP contribution in [0, 0.1) is 0 Å². The summed E-state index contributed by atoms with van der Waals surface area (Å²) < 4.78 is 10.1. The predicted molar refractivity (Wildman–Crippen MR) is 57.8 cm³/mol. The highest BCUT2D eigenvalue weighted by atomic mass is 16.5. The molecule has 0 aromatic carbocycles. The Morgan fingerprint density at radius 3 is 2.50 bits per heavy atom. The third-order valence-electron chi connectivity index (χ3n) is 2.66. The van der Waals surface area contributed by atoms with E-state index in [0.717, 1.165) is 25.2 Å². The van der Waals surface area contributed by atoms with E-state index in [2.05, 4.69) is 14.9 Å². The van der Waals surface area contributed by atoms with Gasteiger partial charge >= 0.3 is 6.01 Å². The zero-order chi connectivity index (χ0) is 11.6. The van der Waals surface area contributed by atoms with E-state index in [1.165, 1.54) is 0 Å². The maximum Gasteiger partial charge on any atom is 0.316 e. The van der Waals surface area contributed by atoms with Crippen molar-refractivity contribution in [3.05, 3.63) is 18.0 Å². The van der Waals surface area contributed by atoms with Gasteiger partial charge in [0.15, 0.2) is 0 Å². The van der Waals surface area contributed by atoms with E-state index in [1.807, 2.05) is 0 Å². The van der Waals surface area contributed by atoms with Gasteiger partial charge in [-0.3, -0.25) is 4.90 Å². The van der Waals surface area contributed by atoms with E-state index in [1.54, 1.807) is 26.6 Å². The van der Waals surface area contributed by atoms with Gasteiger partial charge in [0.05, 0.1) is 7.11 Å². The first kappa shape index (κ1) is 11.3. The van der Waals surface area contributed by atoms with E-state index in [-0.39, 0.29) is 0 Å². The minimum absolute atomic E-state index is 0.387. The highest BCUT2D eigenvalue weighted by Gasteiger charge is 2.39. The molecule has 0 amide bonds. The monoisotopic (exact) mass is 224 g/mol. The van der Waals surface area contributed by atoms with Gasteiger partial charge < -0.3 is 15.2 Å². The molecule has 0 unspecified atom stereocenters. The summed E-state index contributed by atoms with van der Waals surface area (Å²) >= 11 is 0. The summed E-state index contributed by atoms with van der Waals surface area (Å²) in [6.45, 7) is 2.25. The second-order valence-corrected chi connectivity index (χ2v) is 3.99. The number of nitrogens with zero attached hydrogens (tertiary/aromatic N) is 3. The number of hydrogen-bond donors (Lipinski definition) is 1. The van der Waals surface area contributed by atoms with Crippen LogP contribution in [-0.4, -0.2) is 47.9 Å². The van der Waals surface area contributed by atoms with Crippen molar-refractivity contribution in [2.75, 3.05) is 27.3 Å². The standard InChI is InChI=1S/C10H16N4O2/c1-15-9-12-3-8(4-13-9)5-14-6-10(11,7-14)16-2/h3-4H,5-7,11H2,1-2H3. The van der Waals surface area contributed by atoms with E-state index >= 15 is 0 Å². The Bertz CT molecular complexity index is 348. The first-order valence-electron chi connectivity index (χ1n) is 5.06. The number of likely N-dealkylation sites (tertiary alicyclic amines) is 1. The average molecular weight is 224 g/mol. The minimum atomic E-state index is -0.479. The minimum Gasteiger partial charge on any atom is -0.467 e. The smallest absolute Gasteiger partial charge is 0.316 e. The van der Waals surface area contributed by atoms with Gasteiger partial charge in [0, 0.05) is 44.7 Å². The molecular formula is C10H16N4O2. The van der Waals surface area contributed by atoms with Crippen LogP contribution in [0.25, 0.3) is 0 Å². The molecule has 6 heteroatoms. The van der Waals surface area contributed by atoms with Gasteiger partial charge in [-0.25, -0.2) is 9.97 Å². The van der Waals surface area contributed by atoms with Crippen molar-refractivity contribution >= 4 is 0 Å². The first-order valence-corrected chi connectivity index (χ1v) is 5.06. The Hall–Kier alpha value is -1.24. The van der Waals surface area contributed by atoms with E-state index in [4.69, 9.17) is 15.2 Å². The molecule has 0 spiro atoms. The fourth-order valence-electron chi connectivity index (χ4n) is 1.74. The molecule has 88 valence electrons. The quantitative estimate of drug-likeness (QED) is 0.702. The molecule has 2 N–H and O–H groups in total. The van der Waals surface area contributed by atoms with Crippen LogP contribution in [0.2, 0.25) is 0 Å². The number of rotatable bonds is 4. The fraction of sp³-hybridized carbons (Fsp3) is 0.600. The lowest BCUT2D eigenvalue weighted by Crippen LogP contribution is -2.67. The predicted octanol–water partition coefficient (Wildman–Crippen LogP) is -0.398. The zero-order valence-electron chi connectivity index (χ0n) is 9.51. The Kier molecular flexibility index (Phi) is 3.04. The fourth-order valence-corrected chi connectivity index (χ4v) is 1.74. The number of ether oxygens (including phenoxy) is 2. The lowest BCUT2D eigenvalue weighted by atomic mass is 10.1. The van der Waals surface area contributed by atoms with Crippen LogP contribution in [0.4, 0.5) is 0 Å². The summed E-state index contributed by atoms with van der Waals surface area (Å²) in [5, 5.41) is 0. The highest BCUT2D eigenvalue weighted by Crippen LogP contribution is 2.20. The molecular weight excluding hydrogens is 208 g/mol. The molecule has 1 aliphatic rings. The molecule has 6 nitrogen and oxygen atoms in total. The van der Waals surface area contributed by atoms with Crippen molar-refractivity contribution in [2.24, 2.45) is 5.73 Å². The van der Waals surface area contributed by atoms with Crippen LogP contribution in [-0.2, 0) is 11.3 Å². The van der Waals surface area contributed by atoms with Crippen molar-refractivity contribution in [3.8, 4) is 6.01 Å². The molecule has 0 bridgehead atoms. The first-order chi connectivity index (χ1) is 7.65. The van der Waals surface area contributed by atoms with Crippen molar-refractivity contribution in [1.29, 1.82) is 0 Å². The normalized spacial score (nSPS) is 19.2. The molecule has 1 aromatic rings. The molecule has 1 aliphatic heterocycles. The van der Waals surface area contributed by atoms with Crippen LogP contribution in [0.15, 0.2) is 12.4 Å². The maximum atomic E-state index is 5.88. The SMILES string of the molecule is COc1ncc(CN2CC(N)(OC)C2)cn1. The average Bonchev–Trinajstić information content (AvgIpc) is 2.28. The van der Waals surface area contributed by atoms with Crippen molar-refractivity contribution in [2.45, 2.75) is 12.3 Å². The molecule has 0 saturated carbocycles. The lowest BCUT2D eigenvalue weighted by molar-refractivity contribution is -0.123. The molecule has 1 aromatic heterocycles. The van der Waals surface area contributed by atoms with Gasteiger partial charge in [-0.15, -0.1) is 0 Å². The molecule has 0 atom stereocenters. The summed E-state index contributed by atoms with van der Waals surface area (Å²) in [6, 6.07) is 0.387. The summed E-state index contributed by atoms with van der Waals surface area (Å²) in [6.07, 6.45) is 3.52. The van der Waals surface area contributed by atoms with E-state index in [0.29, 0.717) is 6.01 Å². The molecule has 2 heterocycles. The van der Waals surface area contributed by atoms with Crippen LogP contribution in [0.1, 0.15) is 5.56 Å². The van der Waals surface area contributed by atoms with Crippen LogP contribution >= 0.6 is 0 Å². The van der Waals surface area contributed by atoms with Gasteiger partial charge in [-0.1, -0.05) is 0 Å². The highest BCUT2D eigenvalue weighted by molar-refractivity contribution is 5.09. The van der Waals surface area contributed by atoms with Crippen molar-refractivity contribution < 1.29 is 9.47 Å². The van der Waals surface area contributed by atoms with Gasteiger partial charge in [-0.05, 0) is 0 Å². The van der Waals surface area contributed by atoms with Gasteiger partial charge in [0.25, 0.3) is 0 Å². The van der Waals surface area contributed by atoms with Gasteiger partial charge in [0.2, 0.25) is 0 Å².